The average Bonchev–Trinajstić information content (AvgIpc) is 2.50. The molecule has 0 amide bonds. The van der Waals surface area contributed by atoms with Crippen molar-refractivity contribution in [1.29, 1.82) is 0 Å². The standard InChI is InChI=1S/C18H27NO2/c1-4-14(2)17(15-8-6-5-7-9-15)18(20)21-16-10-12-19(3)13-11-16/h5-9,14,16-17H,4,10-13H2,1-3H3/t14-,17+/m1/s1. The minimum Gasteiger partial charge on any atom is -0.462 e. The van der Waals surface area contributed by atoms with Crippen LogP contribution in [0.2, 0.25) is 0 Å². The van der Waals surface area contributed by atoms with E-state index in [9.17, 15) is 4.79 Å². The molecule has 3 nitrogen and oxygen atoms in total. The van der Waals surface area contributed by atoms with E-state index in [0.29, 0.717) is 5.92 Å². The quantitative estimate of drug-likeness (QED) is 0.778. The van der Waals surface area contributed by atoms with E-state index in [1.165, 1.54) is 0 Å². The fourth-order valence-electron chi connectivity index (χ4n) is 2.93. The summed E-state index contributed by atoms with van der Waals surface area (Å²) in [7, 11) is 2.12. The Labute approximate surface area is 128 Å². The summed E-state index contributed by atoms with van der Waals surface area (Å²) < 4.78 is 5.81. The number of carbonyl (C=O) groups excluding carboxylic acids is 1. The van der Waals surface area contributed by atoms with Crippen molar-refractivity contribution < 1.29 is 9.53 Å². The molecule has 1 aliphatic rings. The lowest BCUT2D eigenvalue weighted by Crippen LogP contribution is -2.36. The lowest BCUT2D eigenvalue weighted by Gasteiger charge is -2.31. The summed E-state index contributed by atoms with van der Waals surface area (Å²) in [6.45, 7) is 6.28. The largest absolute Gasteiger partial charge is 0.462 e. The van der Waals surface area contributed by atoms with E-state index in [4.69, 9.17) is 4.74 Å². The smallest absolute Gasteiger partial charge is 0.313 e. The van der Waals surface area contributed by atoms with Gasteiger partial charge >= 0.3 is 5.97 Å². The van der Waals surface area contributed by atoms with Crippen LogP contribution in [0.25, 0.3) is 0 Å². The summed E-state index contributed by atoms with van der Waals surface area (Å²) in [6, 6.07) is 10.0. The highest BCUT2D eigenvalue weighted by molar-refractivity contribution is 5.78. The second kappa shape index (κ2) is 7.60. The monoisotopic (exact) mass is 289 g/mol. The first-order valence-electron chi connectivity index (χ1n) is 8.05. The topological polar surface area (TPSA) is 29.5 Å². The van der Waals surface area contributed by atoms with Crippen molar-refractivity contribution in [3.8, 4) is 0 Å². The van der Waals surface area contributed by atoms with Crippen molar-refractivity contribution in [3.63, 3.8) is 0 Å². The molecule has 0 spiro atoms. The zero-order chi connectivity index (χ0) is 15.2. The molecule has 116 valence electrons. The van der Waals surface area contributed by atoms with Gasteiger partial charge < -0.3 is 9.64 Å². The Balaban J connectivity index is 2.05. The van der Waals surface area contributed by atoms with Crippen molar-refractivity contribution in [1.82, 2.24) is 4.90 Å². The van der Waals surface area contributed by atoms with Gasteiger partial charge in [0.05, 0.1) is 5.92 Å². The Morgan fingerprint density at radius 3 is 2.48 bits per heavy atom. The molecule has 1 fully saturated rings. The molecule has 0 aliphatic carbocycles. The first kappa shape index (κ1) is 16.0. The highest BCUT2D eigenvalue weighted by Crippen LogP contribution is 2.29. The first-order chi connectivity index (χ1) is 10.1. The maximum absolute atomic E-state index is 12.7. The summed E-state index contributed by atoms with van der Waals surface area (Å²) >= 11 is 0. The fourth-order valence-corrected chi connectivity index (χ4v) is 2.93. The predicted molar refractivity (Wildman–Crippen MR) is 85.2 cm³/mol. The number of piperidine rings is 1. The van der Waals surface area contributed by atoms with Crippen LogP contribution in [0.15, 0.2) is 30.3 Å². The average molecular weight is 289 g/mol. The van der Waals surface area contributed by atoms with Gasteiger partial charge in [0, 0.05) is 13.1 Å². The molecule has 0 aromatic heterocycles. The zero-order valence-electron chi connectivity index (χ0n) is 13.4. The minimum atomic E-state index is -0.143. The molecule has 0 bridgehead atoms. The van der Waals surface area contributed by atoms with Crippen LogP contribution >= 0.6 is 0 Å². The van der Waals surface area contributed by atoms with Crippen LogP contribution in [0, 0.1) is 5.92 Å². The molecule has 1 aromatic carbocycles. The van der Waals surface area contributed by atoms with Gasteiger partial charge in [0.15, 0.2) is 0 Å². The molecule has 2 rings (SSSR count). The van der Waals surface area contributed by atoms with E-state index < -0.39 is 0 Å². The lowest BCUT2D eigenvalue weighted by atomic mass is 9.85. The molecule has 0 N–H and O–H groups in total. The fraction of sp³-hybridized carbons (Fsp3) is 0.611. The van der Waals surface area contributed by atoms with Gasteiger partial charge in [0.25, 0.3) is 0 Å². The Kier molecular flexibility index (Phi) is 5.80. The molecule has 1 aromatic rings. The maximum atomic E-state index is 12.7. The molecular weight excluding hydrogens is 262 g/mol. The van der Waals surface area contributed by atoms with E-state index in [2.05, 4.69) is 25.8 Å². The molecule has 0 saturated carbocycles. The second-order valence-corrected chi connectivity index (χ2v) is 6.21. The van der Waals surface area contributed by atoms with E-state index in [-0.39, 0.29) is 18.0 Å². The van der Waals surface area contributed by atoms with E-state index in [0.717, 1.165) is 37.9 Å². The normalized spacial score (nSPS) is 20.0. The second-order valence-electron chi connectivity index (χ2n) is 6.21. The summed E-state index contributed by atoms with van der Waals surface area (Å²) in [5, 5.41) is 0. The van der Waals surface area contributed by atoms with Gasteiger partial charge in [-0.15, -0.1) is 0 Å². The first-order valence-corrected chi connectivity index (χ1v) is 8.05. The van der Waals surface area contributed by atoms with Gasteiger partial charge in [0.1, 0.15) is 6.10 Å². The number of nitrogens with zero attached hydrogens (tertiary/aromatic N) is 1. The highest BCUT2D eigenvalue weighted by Gasteiger charge is 2.30. The number of hydrogen-bond acceptors (Lipinski definition) is 3. The number of ether oxygens (including phenoxy) is 1. The van der Waals surface area contributed by atoms with Crippen LogP contribution in [0.3, 0.4) is 0 Å². The highest BCUT2D eigenvalue weighted by atomic mass is 16.5. The molecule has 3 heteroatoms. The van der Waals surface area contributed by atoms with Gasteiger partial charge in [0.2, 0.25) is 0 Å². The molecule has 1 saturated heterocycles. The Hall–Kier alpha value is -1.35. The zero-order valence-corrected chi connectivity index (χ0v) is 13.4. The van der Waals surface area contributed by atoms with Crippen molar-refractivity contribution in [3.05, 3.63) is 35.9 Å². The van der Waals surface area contributed by atoms with Crippen LogP contribution in [-0.2, 0) is 9.53 Å². The summed E-state index contributed by atoms with van der Waals surface area (Å²) in [4.78, 5) is 14.9. The molecule has 0 radical (unpaired) electrons. The molecule has 1 heterocycles. The van der Waals surface area contributed by atoms with E-state index in [1.54, 1.807) is 0 Å². The van der Waals surface area contributed by atoms with Crippen LogP contribution in [0.1, 0.15) is 44.6 Å². The van der Waals surface area contributed by atoms with Crippen molar-refractivity contribution >= 4 is 5.97 Å². The Morgan fingerprint density at radius 1 is 1.29 bits per heavy atom. The predicted octanol–water partition coefficient (Wildman–Crippen LogP) is 3.45. The third-order valence-corrected chi connectivity index (χ3v) is 4.57. The van der Waals surface area contributed by atoms with Crippen LogP contribution in [0.4, 0.5) is 0 Å². The van der Waals surface area contributed by atoms with Gasteiger partial charge in [-0.05, 0) is 31.4 Å². The van der Waals surface area contributed by atoms with Crippen molar-refractivity contribution in [2.75, 3.05) is 20.1 Å². The summed E-state index contributed by atoms with van der Waals surface area (Å²) in [5.74, 6) is 0.104. The number of likely N-dealkylation sites (tertiary alicyclic amines) is 1. The molecule has 0 unspecified atom stereocenters. The van der Waals surface area contributed by atoms with Crippen molar-refractivity contribution in [2.24, 2.45) is 5.92 Å². The SMILES string of the molecule is CC[C@@H](C)[C@H](C(=O)OC1CCN(C)CC1)c1ccccc1. The number of carbonyl (C=O) groups is 1. The summed E-state index contributed by atoms with van der Waals surface area (Å²) in [5.41, 5.74) is 1.07. The Bertz CT molecular complexity index is 438. The van der Waals surface area contributed by atoms with Crippen LogP contribution in [-0.4, -0.2) is 37.1 Å². The van der Waals surface area contributed by atoms with E-state index >= 15 is 0 Å². The molecule has 21 heavy (non-hydrogen) atoms. The van der Waals surface area contributed by atoms with Gasteiger partial charge in [-0.1, -0.05) is 50.6 Å². The third-order valence-electron chi connectivity index (χ3n) is 4.57. The number of rotatable bonds is 5. The van der Waals surface area contributed by atoms with Gasteiger partial charge in [-0.25, -0.2) is 0 Å². The van der Waals surface area contributed by atoms with Gasteiger partial charge in [-0.3, -0.25) is 4.79 Å². The summed E-state index contributed by atoms with van der Waals surface area (Å²) in [6.07, 6.45) is 2.96. The lowest BCUT2D eigenvalue weighted by molar-refractivity contribution is -0.154. The minimum absolute atomic E-state index is 0.0508. The van der Waals surface area contributed by atoms with E-state index in [1.807, 2.05) is 30.3 Å². The Morgan fingerprint density at radius 2 is 1.90 bits per heavy atom. The number of esters is 1. The van der Waals surface area contributed by atoms with Gasteiger partial charge in [-0.2, -0.15) is 0 Å². The molecular formula is C18H27NO2. The van der Waals surface area contributed by atoms with Crippen LogP contribution < -0.4 is 0 Å². The number of benzene rings is 1. The third kappa shape index (κ3) is 4.31. The van der Waals surface area contributed by atoms with Crippen molar-refractivity contribution in [2.45, 2.75) is 45.1 Å². The molecule has 1 aliphatic heterocycles. The van der Waals surface area contributed by atoms with Crippen LogP contribution in [0.5, 0.6) is 0 Å². The maximum Gasteiger partial charge on any atom is 0.313 e. The number of hydrogen-bond donors (Lipinski definition) is 0. The molecule has 2 atom stereocenters.